The summed E-state index contributed by atoms with van der Waals surface area (Å²) in [7, 11) is 0. The number of ketones is 1. The van der Waals surface area contributed by atoms with E-state index >= 15 is 0 Å². The van der Waals surface area contributed by atoms with Crippen molar-refractivity contribution >= 4 is 23.1 Å². The van der Waals surface area contributed by atoms with Crippen LogP contribution in [0.5, 0.6) is 0 Å². The molecule has 1 aromatic rings. The van der Waals surface area contributed by atoms with E-state index in [4.69, 9.17) is 4.74 Å². The highest BCUT2D eigenvalue weighted by Crippen LogP contribution is 2.23. The van der Waals surface area contributed by atoms with Gasteiger partial charge in [-0.2, -0.15) is 0 Å². The molecule has 1 aliphatic rings. The maximum atomic E-state index is 11.7. The molecule has 7 heteroatoms. The van der Waals surface area contributed by atoms with E-state index in [1.54, 1.807) is 18.2 Å². The third kappa shape index (κ3) is 4.28. The number of anilines is 1. The average molecular weight is 306 g/mol. The molecule has 0 radical (unpaired) electrons. The van der Waals surface area contributed by atoms with E-state index in [0.29, 0.717) is 18.5 Å². The number of carbonyl (C=O) groups is 2. The largest absolute Gasteiger partial charge is 0.454 e. The van der Waals surface area contributed by atoms with E-state index in [-0.39, 0.29) is 24.4 Å². The Kier molecular flexibility index (Phi) is 5.46. The van der Waals surface area contributed by atoms with Crippen LogP contribution in [0, 0.1) is 10.1 Å². The quantitative estimate of drug-likeness (QED) is 0.492. The summed E-state index contributed by atoms with van der Waals surface area (Å²) >= 11 is 0. The van der Waals surface area contributed by atoms with E-state index in [1.165, 1.54) is 6.07 Å². The molecule has 0 aromatic heterocycles. The number of hydrogen-bond acceptors (Lipinski definition) is 6. The van der Waals surface area contributed by atoms with Crippen LogP contribution in [0.2, 0.25) is 0 Å². The number of benzene rings is 1. The van der Waals surface area contributed by atoms with Crippen molar-refractivity contribution in [3.05, 3.63) is 34.4 Å². The Morgan fingerprint density at radius 2 is 2.14 bits per heavy atom. The number of hydrogen-bond donors (Lipinski definition) is 1. The SMILES string of the molecule is O=C(CCNc1ccccc1[N+](=O)[O-])O[C@@H]1CCCCC1=O. The van der Waals surface area contributed by atoms with Crippen LogP contribution in [0.25, 0.3) is 0 Å². The highest BCUT2D eigenvalue weighted by atomic mass is 16.6. The zero-order valence-corrected chi connectivity index (χ0v) is 12.1. The standard InChI is InChI=1S/C15H18N2O5/c18-13-7-3-4-8-14(13)22-15(19)9-10-16-11-5-1-2-6-12(11)17(20)21/h1-2,5-6,14,16H,3-4,7-10H2/t14-/m1/s1. The summed E-state index contributed by atoms with van der Waals surface area (Å²) in [4.78, 5) is 33.7. The van der Waals surface area contributed by atoms with Gasteiger partial charge < -0.3 is 10.1 Å². The van der Waals surface area contributed by atoms with Gasteiger partial charge >= 0.3 is 5.97 Å². The lowest BCUT2D eigenvalue weighted by molar-refractivity contribution is -0.384. The minimum absolute atomic E-state index is 0.0220. The summed E-state index contributed by atoms with van der Waals surface area (Å²) in [5.74, 6) is -0.488. The van der Waals surface area contributed by atoms with Gasteiger partial charge in [-0.1, -0.05) is 12.1 Å². The molecule has 0 saturated heterocycles. The first-order chi connectivity index (χ1) is 10.6. The minimum Gasteiger partial charge on any atom is -0.454 e. The van der Waals surface area contributed by atoms with Crippen molar-refractivity contribution in [3.63, 3.8) is 0 Å². The highest BCUT2D eigenvalue weighted by molar-refractivity contribution is 5.86. The van der Waals surface area contributed by atoms with E-state index in [9.17, 15) is 19.7 Å². The van der Waals surface area contributed by atoms with Crippen LogP contribution in [0.4, 0.5) is 11.4 Å². The normalized spacial score (nSPS) is 17.8. The maximum Gasteiger partial charge on any atom is 0.308 e. The lowest BCUT2D eigenvalue weighted by Gasteiger charge is -2.20. The van der Waals surface area contributed by atoms with Crippen molar-refractivity contribution in [3.8, 4) is 0 Å². The molecule has 7 nitrogen and oxygen atoms in total. The van der Waals surface area contributed by atoms with Gasteiger partial charge in [0.2, 0.25) is 0 Å². The summed E-state index contributed by atoms with van der Waals surface area (Å²) in [5, 5.41) is 13.7. The molecule has 118 valence electrons. The summed E-state index contributed by atoms with van der Waals surface area (Å²) in [5.41, 5.74) is 0.312. The average Bonchev–Trinajstić information content (AvgIpc) is 2.50. The fourth-order valence-electron chi connectivity index (χ4n) is 2.37. The van der Waals surface area contributed by atoms with Crippen molar-refractivity contribution < 1.29 is 19.2 Å². The second-order valence-corrected chi connectivity index (χ2v) is 5.14. The van der Waals surface area contributed by atoms with Crippen molar-refractivity contribution in [2.24, 2.45) is 0 Å². The molecule has 0 amide bonds. The second kappa shape index (κ2) is 7.53. The van der Waals surface area contributed by atoms with Gasteiger partial charge in [0, 0.05) is 19.0 Å². The zero-order valence-electron chi connectivity index (χ0n) is 12.1. The van der Waals surface area contributed by atoms with Gasteiger partial charge in [-0.05, 0) is 25.3 Å². The number of Topliss-reactive ketones (excluding diaryl/α,β-unsaturated/α-hetero) is 1. The van der Waals surface area contributed by atoms with Crippen LogP contribution < -0.4 is 5.32 Å². The van der Waals surface area contributed by atoms with Crippen LogP contribution in [0.3, 0.4) is 0 Å². The van der Waals surface area contributed by atoms with E-state index in [2.05, 4.69) is 5.32 Å². The Balaban J connectivity index is 1.80. The fourth-order valence-corrected chi connectivity index (χ4v) is 2.37. The zero-order chi connectivity index (χ0) is 15.9. The van der Waals surface area contributed by atoms with Crippen molar-refractivity contribution in [1.82, 2.24) is 0 Å². The van der Waals surface area contributed by atoms with Crippen LogP contribution in [-0.4, -0.2) is 29.3 Å². The van der Waals surface area contributed by atoms with Crippen LogP contribution in [-0.2, 0) is 14.3 Å². The first-order valence-electron chi connectivity index (χ1n) is 7.27. The molecule has 2 rings (SSSR count). The fraction of sp³-hybridized carbons (Fsp3) is 0.467. The molecule has 0 bridgehead atoms. The molecule has 0 aliphatic heterocycles. The smallest absolute Gasteiger partial charge is 0.308 e. The molecule has 0 heterocycles. The molecule has 22 heavy (non-hydrogen) atoms. The third-order valence-electron chi connectivity index (χ3n) is 3.52. The van der Waals surface area contributed by atoms with Crippen LogP contribution in [0.1, 0.15) is 32.1 Å². The first kappa shape index (κ1) is 15.9. The molecular weight excluding hydrogens is 288 g/mol. The molecule has 0 spiro atoms. The number of esters is 1. The predicted molar refractivity (Wildman–Crippen MR) is 79.6 cm³/mol. The number of para-hydroxylation sites is 2. The van der Waals surface area contributed by atoms with Gasteiger partial charge in [0.25, 0.3) is 5.69 Å². The second-order valence-electron chi connectivity index (χ2n) is 5.14. The Bertz CT molecular complexity index is 573. The van der Waals surface area contributed by atoms with Crippen LogP contribution >= 0.6 is 0 Å². The Labute approximate surface area is 127 Å². The predicted octanol–water partition coefficient (Wildman–Crippen LogP) is 2.45. The molecule has 1 atom stereocenters. The maximum absolute atomic E-state index is 11.7. The Morgan fingerprint density at radius 3 is 2.86 bits per heavy atom. The summed E-state index contributed by atoms with van der Waals surface area (Å²) in [6.07, 6.45) is 2.22. The number of nitro benzene ring substituents is 1. The van der Waals surface area contributed by atoms with E-state index in [1.807, 2.05) is 0 Å². The lowest BCUT2D eigenvalue weighted by Crippen LogP contribution is -2.30. The van der Waals surface area contributed by atoms with Crippen LogP contribution in [0.15, 0.2) is 24.3 Å². The molecule has 1 aromatic carbocycles. The molecule has 1 aliphatic carbocycles. The molecule has 1 N–H and O–H groups in total. The number of carbonyl (C=O) groups excluding carboxylic acids is 2. The van der Waals surface area contributed by atoms with E-state index < -0.39 is 17.0 Å². The van der Waals surface area contributed by atoms with Crippen molar-refractivity contribution in [2.75, 3.05) is 11.9 Å². The molecule has 1 saturated carbocycles. The summed E-state index contributed by atoms with van der Waals surface area (Å²) in [6.45, 7) is 0.213. The summed E-state index contributed by atoms with van der Waals surface area (Å²) < 4.78 is 5.16. The Morgan fingerprint density at radius 1 is 1.36 bits per heavy atom. The van der Waals surface area contributed by atoms with Gasteiger partial charge in [-0.15, -0.1) is 0 Å². The monoisotopic (exact) mass is 306 g/mol. The van der Waals surface area contributed by atoms with Gasteiger partial charge in [-0.3, -0.25) is 19.7 Å². The number of nitro groups is 1. The highest BCUT2D eigenvalue weighted by Gasteiger charge is 2.25. The lowest BCUT2D eigenvalue weighted by atomic mass is 9.96. The van der Waals surface area contributed by atoms with Gasteiger partial charge in [0.1, 0.15) is 5.69 Å². The minimum atomic E-state index is -0.618. The topological polar surface area (TPSA) is 98.5 Å². The number of nitrogens with zero attached hydrogens (tertiary/aromatic N) is 1. The molecule has 0 unspecified atom stereocenters. The number of nitrogens with one attached hydrogen (secondary N) is 1. The third-order valence-corrected chi connectivity index (χ3v) is 3.52. The van der Waals surface area contributed by atoms with Crippen molar-refractivity contribution in [2.45, 2.75) is 38.2 Å². The number of ether oxygens (including phenoxy) is 1. The molecule has 1 fully saturated rings. The first-order valence-corrected chi connectivity index (χ1v) is 7.27. The molecular formula is C15H18N2O5. The Hall–Kier alpha value is -2.44. The summed E-state index contributed by atoms with van der Waals surface area (Å²) in [6, 6.07) is 6.22. The van der Waals surface area contributed by atoms with Gasteiger partial charge in [0.15, 0.2) is 11.9 Å². The number of rotatable bonds is 6. The van der Waals surface area contributed by atoms with E-state index in [0.717, 1.165) is 12.8 Å². The van der Waals surface area contributed by atoms with Gasteiger partial charge in [0.05, 0.1) is 11.3 Å². The van der Waals surface area contributed by atoms with Gasteiger partial charge in [-0.25, -0.2) is 0 Å². The van der Waals surface area contributed by atoms with Crippen molar-refractivity contribution in [1.29, 1.82) is 0 Å².